The zero-order valence-electron chi connectivity index (χ0n) is 18.8. The maximum atomic E-state index is 13.3. The normalized spacial score (nSPS) is 12.0. The minimum absolute atomic E-state index is 0.0924. The molecule has 0 bridgehead atoms. The molecule has 0 aliphatic heterocycles. The van der Waals surface area contributed by atoms with Gasteiger partial charge in [0, 0.05) is 46.7 Å². The molecule has 182 valence electrons. The van der Waals surface area contributed by atoms with E-state index >= 15 is 0 Å². The molecule has 35 heavy (non-hydrogen) atoms. The first-order valence-electron chi connectivity index (χ1n) is 10.8. The molecule has 0 saturated carbocycles. The minimum Gasteiger partial charge on any atom is -0.493 e. The largest absolute Gasteiger partial charge is 0.493 e. The van der Waals surface area contributed by atoms with Gasteiger partial charge in [-0.05, 0) is 35.4 Å². The van der Waals surface area contributed by atoms with Crippen LogP contribution in [0.3, 0.4) is 0 Å². The average molecular weight is 517 g/mol. The molecular formula is C26H23Cl2FN2O4. The van der Waals surface area contributed by atoms with E-state index < -0.39 is 17.8 Å². The fraction of sp³-hybridized carbons (Fsp3) is 0.192. The van der Waals surface area contributed by atoms with Gasteiger partial charge in [-0.3, -0.25) is 10.1 Å². The number of benzene rings is 3. The van der Waals surface area contributed by atoms with Gasteiger partial charge in [-0.25, -0.2) is 4.39 Å². The number of hydrogen-bond donors (Lipinski definition) is 3. The zero-order chi connectivity index (χ0) is 24.9. The predicted molar refractivity (Wildman–Crippen MR) is 134 cm³/mol. The molecule has 3 N–H and O–H groups in total. The summed E-state index contributed by atoms with van der Waals surface area (Å²) in [6.45, 7) is 0.299. The highest BCUT2D eigenvalue weighted by molar-refractivity contribution is 6.31. The summed E-state index contributed by atoms with van der Waals surface area (Å²) in [5.74, 6) is -0.585. The van der Waals surface area contributed by atoms with Crippen LogP contribution in [0.4, 0.5) is 4.39 Å². The fourth-order valence-corrected chi connectivity index (χ4v) is 4.22. The van der Waals surface area contributed by atoms with Gasteiger partial charge in [0.2, 0.25) is 0 Å². The number of carboxylic acid groups (broad SMARTS) is 1. The van der Waals surface area contributed by atoms with E-state index in [1.165, 1.54) is 19.2 Å². The number of aromatic amines is 1. The van der Waals surface area contributed by atoms with Crippen molar-refractivity contribution in [2.24, 2.45) is 0 Å². The molecule has 0 saturated heterocycles. The number of carboxylic acids is 1. The highest BCUT2D eigenvalue weighted by Gasteiger charge is 2.20. The summed E-state index contributed by atoms with van der Waals surface area (Å²) in [5.41, 5.74) is 3.13. The summed E-state index contributed by atoms with van der Waals surface area (Å²) in [5, 5.41) is 14.5. The number of H-pyrrole nitrogens is 1. The van der Waals surface area contributed by atoms with E-state index in [-0.39, 0.29) is 18.2 Å². The monoisotopic (exact) mass is 516 g/mol. The predicted octanol–water partition coefficient (Wildman–Crippen LogP) is 5.99. The van der Waals surface area contributed by atoms with Crippen LogP contribution in [0.15, 0.2) is 60.8 Å². The Labute approximate surface area is 211 Å². The molecule has 3 aromatic carbocycles. The SMILES string of the molecule is COc1cc(CNC(Cc2c[nH]c3ccccc23)C(=O)O)c(Cl)cc1OCc1ccc(F)cc1Cl. The molecule has 0 fully saturated rings. The fourth-order valence-electron chi connectivity index (χ4n) is 3.78. The Hall–Kier alpha value is -3.26. The molecular weight excluding hydrogens is 494 g/mol. The number of aliphatic carboxylic acids is 1. The number of methoxy groups -OCH3 is 1. The van der Waals surface area contributed by atoms with Gasteiger partial charge in [-0.1, -0.05) is 47.5 Å². The molecule has 0 aliphatic carbocycles. The van der Waals surface area contributed by atoms with E-state index in [1.54, 1.807) is 18.2 Å². The Bertz CT molecular complexity index is 1360. The number of ether oxygens (including phenoxy) is 2. The number of hydrogen-bond acceptors (Lipinski definition) is 4. The summed E-state index contributed by atoms with van der Waals surface area (Å²) >= 11 is 12.5. The molecule has 0 radical (unpaired) electrons. The molecule has 1 aromatic heterocycles. The molecule has 4 rings (SSSR count). The quantitative estimate of drug-likeness (QED) is 0.241. The van der Waals surface area contributed by atoms with Crippen LogP contribution in [0, 0.1) is 5.82 Å². The molecule has 0 spiro atoms. The van der Waals surface area contributed by atoms with Crippen molar-refractivity contribution in [3.8, 4) is 11.5 Å². The van der Waals surface area contributed by atoms with Crippen LogP contribution in [0.5, 0.6) is 11.5 Å². The molecule has 1 atom stereocenters. The number of fused-ring (bicyclic) bond motifs is 1. The number of carbonyl (C=O) groups is 1. The number of halogens is 3. The molecule has 0 amide bonds. The standard InChI is InChI=1S/C26H23Cl2FN2O4/c1-34-24-9-17(21(28)11-25(24)35-14-15-6-7-18(29)10-20(15)27)13-31-23(26(32)33)8-16-12-30-22-5-3-2-4-19(16)22/h2-7,9-12,23,30-31H,8,13-14H2,1H3,(H,32,33). The second kappa shape index (κ2) is 11.0. The molecule has 9 heteroatoms. The van der Waals surface area contributed by atoms with Crippen molar-refractivity contribution >= 4 is 40.1 Å². The van der Waals surface area contributed by atoms with Gasteiger partial charge in [0.25, 0.3) is 0 Å². The van der Waals surface area contributed by atoms with Crippen molar-refractivity contribution in [2.75, 3.05) is 7.11 Å². The average Bonchev–Trinajstić information content (AvgIpc) is 3.24. The van der Waals surface area contributed by atoms with Crippen LogP contribution < -0.4 is 14.8 Å². The van der Waals surface area contributed by atoms with Gasteiger partial charge >= 0.3 is 5.97 Å². The maximum Gasteiger partial charge on any atom is 0.321 e. The van der Waals surface area contributed by atoms with Crippen molar-refractivity contribution in [1.29, 1.82) is 0 Å². The summed E-state index contributed by atoms with van der Waals surface area (Å²) < 4.78 is 24.5. The van der Waals surface area contributed by atoms with Gasteiger partial charge in [0.15, 0.2) is 11.5 Å². The van der Waals surface area contributed by atoms with Crippen LogP contribution in [-0.2, 0) is 24.4 Å². The van der Waals surface area contributed by atoms with E-state index in [1.807, 2.05) is 30.5 Å². The first kappa shape index (κ1) is 24.9. The minimum atomic E-state index is -0.963. The Morgan fingerprint density at radius 3 is 2.57 bits per heavy atom. The van der Waals surface area contributed by atoms with Crippen molar-refractivity contribution in [3.05, 3.63) is 93.3 Å². The highest BCUT2D eigenvalue weighted by Crippen LogP contribution is 2.34. The first-order valence-corrected chi connectivity index (χ1v) is 11.6. The number of aromatic nitrogens is 1. The van der Waals surface area contributed by atoms with Gasteiger partial charge in [-0.2, -0.15) is 0 Å². The van der Waals surface area contributed by atoms with E-state index in [2.05, 4.69) is 10.3 Å². The third kappa shape index (κ3) is 5.88. The number of nitrogens with one attached hydrogen (secondary N) is 2. The highest BCUT2D eigenvalue weighted by atomic mass is 35.5. The van der Waals surface area contributed by atoms with Crippen LogP contribution in [0.25, 0.3) is 10.9 Å². The van der Waals surface area contributed by atoms with Crippen LogP contribution in [0.1, 0.15) is 16.7 Å². The zero-order valence-corrected chi connectivity index (χ0v) is 20.3. The molecule has 1 unspecified atom stereocenters. The lowest BCUT2D eigenvalue weighted by molar-refractivity contribution is -0.139. The molecule has 4 aromatic rings. The molecule has 6 nitrogen and oxygen atoms in total. The lowest BCUT2D eigenvalue weighted by Crippen LogP contribution is -2.38. The lowest BCUT2D eigenvalue weighted by atomic mass is 10.0. The summed E-state index contributed by atoms with van der Waals surface area (Å²) in [7, 11) is 1.50. The first-order chi connectivity index (χ1) is 16.9. The van der Waals surface area contributed by atoms with E-state index in [0.29, 0.717) is 34.1 Å². The van der Waals surface area contributed by atoms with Crippen molar-refractivity contribution in [2.45, 2.75) is 25.6 Å². The van der Waals surface area contributed by atoms with Gasteiger partial charge < -0.3 is 19.6 Å². The van der Waals surface area contributed by atoms with Crippen LogP contribution in [0.2, 0.25) is 10.0 Å². The number of para-hydroxylation sites is 1. The van der Waals surface area contributed by atoms with Crippen molar-refractivity contribution in [3.63, 3.8) is 0 Å². The third-order valence-electron chi connectivity index (χ3n) is 5.67. The Morgan fingerprint density at radius 1 is 1.06 bits per heavy atom. The second-order valence-corrected chi connectivity index (χ2v) is 8.77. The Kier molecular flexibility index (Phi) is 7.80. The lowest BCUT2D eigenvalue weighted by Gasteiger charge is -2.17. The topological polar surface area (TPSA) is 83.6 Å². The van der Waals surface area contributed by atoms with Gasteiger partial charge in [-0.15, -0.1) is 0 Å². The summed E-state index contributed by atoms with van der Waals surface area (Å²) in [6, 6.07) is 14.3. The smallest absolute Gasteiger partial charge is 0.321 e. The van der Waals surface area contributed by atoms with E-state index in [4.69, 9.17) is 32.7 Å². The summed E-state index contributed by atoms with van der Waals surface area (Å²) in [4.78, 5) is 15.1. The van der Waals surface area contributed by atoms with E-state index in [0.717, 1.165) is 16.5 Å². The molecule has 1 heterocycles. The maximum absolute atomic E-state index is 13.3. The third-order valence-corrected chi connectivity index (χ3v) is 6.37. The summed E-state index contributed by atoms with van der Waals surface area (Å²) in [6.07, 6.45) is 2.13. The van der Waals surface area contributed by atoms with Crippen LogP contribution >= 0.6 is 23.2 Å². The Morgan fingerprint density at radius 2 is 1.83 bits per heavy atom. The molecule has 0 aliphatic rings. The van der Waals surface area contributed by atoms with Crippen molar-refractivity contribution in [1.82, 2.24) is 10.3 Å². The van der Waals surface area contributed by atoms with Gasteiger partial charge in [0.1, 0.15) is 18.5 Å². The second-order valence-electron chi connectivity index (χ2n) is 7.95. The van der Waals surface area contributed by atoms with Crippen LogP contribution in [-0.4, -0.2) is 29.2 Å². The number of rotatable bonds is 10. The Balaban J connectivity index is 1.46. The van der Waals surface area contributed by atoms with Gasteiger partial charge in [0.05, 0.1) is 12.1 Å². The van der Waals surface area contributed by atoms with Crippen molar-refractivity contribution < 1.29 is 23.8 Å². The van der Waals surface area contributed by atoms with E-state index in [9.17, 15) is 14.3 Å².